The fourth-order valence-electron chi connectivity index (χ4n) is 2.22. The van der Waals surface area contributed by atoms with Gasteiger partial charge in [0, 0.05) is 33.9 Å². The van der Waals surface area contributed by atoms with Crippen molar-refractivity contribution < 1.29 is 27.4 Å². The van der Waals surface area contributed by atoms with E-state index in [-0.39, 0.29) is 6.61 Å². The summed E-state index contributed by atoms with van der Waals surface area (Å²) in [4.78, 5) is 4.16. The van der Waals surface area contributed by atoms with Gasteiger partial charge < -0.3 is 24.8 Å². The first-order valence-corrected chi connectivity index (χ1v) is 9.18. The fraction of sp³-hybridized carbons (Fsp3) is 0.632. The van der Waals surface area contributed by atoms with Crippen LogP contribution in [0.5, 0.6) is 0 Å². The Kier molecular flexibility index (Phi) is 12.3. The molecule has 0 aliphatic carbocycles. The monoisotopic (exact) mass is 405 g/mol. The summed E-state index contributed by atoms with van der Waals surface area (Å²) >= 11 is 0. The van der Waals surface area contributed by atoms with Crippen LogP contribution in [0.2, 0.25) is 0 Å². The largest absolute Gasteiger partial charge is 0.411 e. The molecule has 0 atom stereocenters. The standard InChI is InChI=1S/C19H30F3N3O3/c1-23-18(24-9-3-4-10-27-12-11-26-2)25-13-16-5-7-17(8-6-16)14-28-15-19(20,21)22/h5-8H,3-4,9-15H2,1-2H3,(H2,23,24,25). The lowest BCUT2D eigenvalue weighted by Crippen LogP contribution is -2.37. The van der Waals surface area contributed by atoms with Crippen molar-refractivity contribution in [3.8, 4) is 0 Å². The normalized spacial score (nSPS) is 12.2. The van der Waals surface area contributed by atoms with E-state index in [2.05, 4.69) is 20.4 Å². The summed E-state index contributed by atoms with van der Waals surface area (Å²) in [5.41, 5.74) is 1.69. The molecule has 1 aromatic carbocycles. The van der Waals surface area contributed by atoms with Crippen LogP contribution in [0.4, 0.5) is 13.2 Å². The highest BCUT2D eigenvalue weighted by molar-refractivity contribution is 5.79. The SMILES string of the molecule is CN=C(NCCCCOCCOC)NCc1ccc(COCC(F)(F)F)cc1. The van der Waals surface area contributed by atoms with Gasteiger partial charge in [-0.05, 0) is 24.0 Å². The van der Waals surface area contributed by atoms with Crippen LogP contribution in [0.1, 0.15) is 24.0 Å². The highest BCUT2D eigenvalue weighted by Crippen LogP contribution is 2.15. The van der Waals surface area contributed by atoms with Gasteiger partial charge in [-0.3, -0.25) is 4.99 Å². The van der Waals surface area contributed by atoms with Crippen molar-refractivity contribution in [2.75, 3.05) is 47.1 Å². The maximum absolute atomic E-state index is 12.1. The molecule has 0 spiro atoms. The minimum absolute atomic E-state index is 0.0639. The van der Waals surface area contributed by atoms with Crippen LogP contribution in [0.3, 0.4) is 0 Å². The van der Waals surface area contributed by atoms with Gasteiger partial charge in [0.15, 0.2) is 5.96 Å². The van der Waals surface area contributed by atoms with E-state index in [0.717, 1.165) is 24.9 Å². The van der Waals surface area contributed by atoms with Gasteiger partial charge in [0.05, 0.1) is 19.8 Å². The lowest BCUT2D eigenvalue weighted by atomic mass is 10.1. The molecule has 160 valence electrons. The van der Waals surface area contributed by atoms with Gasteiger partial charge in [-0.2, -0.15) is 13.2 Å². The molecule has 28 heavy (non-hydrogen) atoms. The number of halogens is 3. The van der Waals surface area contributed by atoms with E-state index < -0.39 is 12.8 Å². The molecule has 0 bridgehead atoms. The predicted molar refractivity (Wildman–Crippen MR) is 102 cm³/mol. The van der Waals surface area contributed by atoms with Gasteiger partial charge in [0.2, 0.25) is 0 Å². The van der Waals surface area contributed by atoms with Crippen LogP contribution >= 0.6 is 0 Å². The smallest absolute Gasteiger partial charge is 0.382 e. The van der Waals surface area contributed by atoms with E-state index >= 15 is 0 Å². The van der Waals surface area contributed by atoms with E-state index in [1.807, 2.05) is 12.1 Å². The number of ether oxygens (including phenoxy) is 3. The Labute approximate surface area is 164 Å². The molecule has 0 heterocycles. The summed E-state index contributed by atoms with van der Waals surface area (Å²) in [6.07, 6.45) is -2.39. The van der Waals surface area contributed by atoms with Crippen molar-refractivity contribution in [2.24, 2.45) is 4.99 Å². The third kappa shape index (κ3) is 12.5. The van der Waals surface area contributed by atoms with Gasteiger partial charge in [-0.1, -0.05) is 24.3 Å². The summed E-state index contributed by atoms with van der Waals surface area (Å²) in [6, 6.07) is 7.22. The number of rotatable bonds is 13. The second kappa shape index (κ2) is 14.2. The van der Waals surface area contributed by atoms with Crippen molar-refractivity contribution in [1.82, 2.24) is 10.6 Å². The Morgan fingerprint density at radius 1 is 0.964 bits per heavy atom. The number of nitrogens with zero attached hydrogens (tertiary/aromatic N) is 1. The first-order valence-electron chi connectivity index (χ1n) is 9.18. The van der Waals surface area contributed by atoms with E-state index in [1.54, 1.807) is 26.3 Å². The summed E-state index contributed by atoms with van der Waals surface area (Å²) in [7, 11) is 3.34. The Balaban J connectivity index is 2.19. The van der Waals surface area contributed by atoms with Gasteiger partial charge in [-0.25, -0.2) is 0 Å². The maximum atomic E-state index is 12.1. The van der Waals surface area contributed by atoms with Gasteiger partial charge in [0.25, 0.3) is 0 Å². The van der Waals surface area contributed by atoms with Crippen LogP contribution in [0, 0.1) is 0 Å². The van der Waals surface area contributed by atoms with Crippen LogP contribution in [-0.4, -0.2) is 59.3 Å². The number of unbranched alkanes of at least 4 members (excludes halogenated alkanes) is 1. The molecule has 0 saturated carbocycles. The summed E-state index contributed by atoms with van der Waals surface area (Å²) in [5.74, 6) is 0.692. The lowest BCUT2D eigenvalue weighted by molar-refractivity contribution is -0.176. The number of guanidine groups is 1. The molecule has 9 heteroatoms. The van der Waals surface area contributed by atoms with Crippen molar-refractivity contribution in [3.05, 3.63) is 35.4 Å². The summed E-state index contributed by atoms with van der Waals surface area (Å²) in [5, 5.41) is 6.43. The van der Waals surface area contributed by atoms with Crippen molar-refractivity contribution in [2.45, 2.75) is 32.2 Å². The number of methoxy groups -OCH3 is 1. The average molecular weight is 405 g/mol. The van der Waals surface area contributed by atoms with Crippen LogP contribution in [-0.2, 0) is 27.4 Å². The highest BCUT2D eigenvalue weighted by Gasteiger charge is 2.27. The van der Waals surface area contributed by atoms with Crippen LogP contribution < -0.4 is 10.6 Å². The number of aliphatic imine (C=N–C) groups is 1. The molecule has 0 aliphatic heterocycles. The lowest BCUT2D eigenvalue weighted by Gasteiger charge is -2.12. The summed E-state index contributed by atoms with van der Waals surface area (Å²) < 4.78 is 51.1. The molecular formula is C19H30F3N3O3. The van der Waals surface area contributed by atoms with Gasteiger partial charge >= 0.3 is 6.18 Å². The second-order valence-corrected chi connectivity index (χ2v) is 6.09. The maximum Gasteiger partial charge on any atom is 0.411 e. The predicted octanol–water partition coefficient (Wildman–Crippen LogP) is 2.87. The Morgan fingerprint density at radius 2 is 1.68 bits per heavy atom. The van der Waals surface area contributed by atoms with Gasteiger partial charge in [-0.15, -0.1) is 0 Å². The van der Waals surface area contributed by atoms with Crippen LogP contribution in [0.25, 0.3) is 0 Å². The number of benzene rings is 1. The third-order valence-electron chi connectivity index (χ3n) is 3.68. The topological polar surface area (TPSA) is 64.1 Å². The Hall–Kier alpha value is -1.84. The zero-order chi connectivity index (χ0) is 20.7. The molecule has 1 aromatic rings. The molecule has 0 aromatic heterocycles. The zero-order valence-electron chi connectivity index (χ0n) is 16.5. The third-order valence-corrected chi connectivity index (χ3v) is 3.68. The van der Waals surface area contributed by atoms with E-state index in [4.69, 9.17) is 9.47 Å². The van der Waals surface area contributed by atoms with Gasteiger partial charge in [0.1, 0.15) is 6.61 Å². The quantitative estimate of drug-likeness (QED) is 0.300. The van der Waals surface area contributed by atoms with Crippen molar-refractivity contribution in [1.29, 1.82) is 0 Å². The van der Waals surface area contributed by atoms with Crippen molar-refractivity contribution >= 4 is 5.96 Å². The molecule has 2 N–H and O–H groups in total. The Bertz CT molecular complexity index is 552. The highest BCUT2D eigenvalue weighted by atomic mass is 19.4. The minimum atomic E-state index is -4.30. The number of alkyl halides is 3. The average Bonchev–Trinajstić information content (AvgIpc) is 2.66. The molecule has 0 amide bonds. The minimum Gasteiger partial charge on any atom is -0.382 e. The molecule has 1 rings (SSSR count). The molecule has 6 nitrogen and oxygen atoms in total. The molecule has 0 saturated heterocycles. The van der Waals surface area contributed by atoms with E-state index in [0.29, 0.717) is 37.9 Å². The first-order chi connectivity index (χ1) is 13.4. The zero-order valence-corrected chi connectivity index (χ0v) is 16.5. The molecule has 0 radical (unpaired) electrons. The molecule has 0 fully saturated rings. The van der Waals surface area contributed by atoms with E-state index in [1.165, 1.54) is 0 Å². The fourth-order valence-corrected chi connectivity index (χ4v) is 2.22. The molecule has 0 aliphatic rings. The Morgan fingerprint density at radius 3 is 2.32 bits per heavy atom. The van der Waals surface area contributed by atoms with Crippen molar-refractivity contribution in [3.63, 3.8) is 0 Å². The first kappa shape index (κ1) is 24.2. The van der Waals surface area contributed by atoms with Crippen LogP contribution in [0.15, 0.2) is 29.3 Å². The summed E-state index contributed by atoms with van der Waals surface area (Å²) in [6.45, 7) is 1.96. The van der Waals surface area contributed by atoms with E-state index in [9.17, 15) is 13.2 Å². The number of hydrogen-bond acceptors (Lipinski definition) is 4. The number of hydrogen-bond donors (Lipinski definition) is 2. The second-order valence-electron chi connectivity index (χ2n) is 6.09. The molecular weight excluding hydrogens is 375 g/mol. The molecule has 0 unspecified atom stereocenters. The number of nitrogens with one attached hydrogen (secondary N) is 2.